The van der Waals surface area contributed by atoms with Crippen LogP contribution in [0.2, 0.25) is 0 Å². The molecule has 3 heteroatoms. The molecule has 0 aliphatic rings. The first-order valence-corrected chi connectivity index (χ1v) is 7.64. The molecule has 0 aliphatic heterocycles. The lowest BCUT2D eigenvalue weighted by Gasteiger charge is -2.19. The van der Waals surface area contributed by atoms with E-state index in [1.54, 1.807) is 0 Å². The number of benzene rings is 1. The maximum absolute atomic E-state index is 5.35. The van der Waals surface area contributed by atoms with Crippen molar-refractivity contribution in [2.75, 3.05) is 25.5 Å². The molecule has 1 aromatic carbocycles. The zero-order valence-electron chi connectivity index (χ0n) is 11.7. The van der Waals surface area contributed by atoms with Gasteiger partial charge >= 0.3 is 0 Å². The molecule has 1 aromatic rings. The summed E-state index contributed by atoms with van der Waals surface area (Å²) in [6, 6.07) is 8.93. The Morgan fingerprint density at radius 3 is 2.33 bits per heavy atom. The number of hydrogen-bond acceptors (Lipinski definition) is 3. The van der Waals surface area contributed by atoms with Crippen LogP contribution in [0, 0.1) is 0 Å². The minimum atomic E-state index is 0.238. The fraction of sp³-hybridized carbons (Fsp3) is 0.600. The fourth-order valence-corrected chi connectivity index (χ4v) is 2.40. The topological polar surface area (TPSA) is 35.2 Å². The van der Waals surface area contributed by atoms with Gasteiger partial charge in [0.2, 0.25) is 0 Å². The summed E-state index contributed by atoms with van der Waals surface area (Å²) < 4.78 is 5.34. The third-order valence-corrected chi connectivity index (χ3v) is 3.72. The molecule has 2 nitrogen and oxygen atoms in total. The second-order valence-corrected chi connectivity index (χ2v) is 6.51. The van der Waals surface area contributed by atoms with Gasteiger partial charge in [-0.05, 0) is 16.5 Å². The summed E-state index contributed by atoms with van der Waals surface area (Å²) in [4.78, 5) is 0. The SMILES string of the molecule is CC(C)(C)c1ccc(CSCCOCCN)cc1. The highest BCUT2D eigenvalue weighted by molar-refractivity contribution is 7.98. The van der Waals surface area contributed by atoms with Gasteiger partial charge < -0.3 is 10.5 Å². The van der Waals surface area contributed by atoms with Gasteiger partial charge in [-0.15, -0.1) is 0 Å². The van der Waals surface area contributed by atoms with Crippen molar-refractivity contribution in [2.45, 2.75) is 31.9 Å². The fourth-order valence-electron chi connectivity index (χ4n) is 1.59. The molecule has 1 rings (SSSR count). The van der Waals surface area contributed by atoms with E-state index in [2.05, 4.69) is 45.0 Å². The van der Waals surface area contributed by atoms with Crippen molar-refractivity contribution in [3.05, 3.63) is 35.4 Å². The summed E-state index contributed by atoms with van der Waals surface area (Å²) in [5, 5.41) is 0. The summed E-state index contributed by atoms with van der Waals surface area (Å²) in [5.74, 6) is 2.08. The highest BCUT2D eigenvalue weighted by Crippen LogP contribution is 2.23. The van der Waals surface area contributed by atoms with Crippen molar-refractivity contribution >= 4 is 11.8 Å². The van der Waals surface area contributed by atoms with Crippen LogP contribution in [0.15, 0.2) is 24.3 Å². The minimum Gasteiger partial charge on any atom is -0.379 e. The van der Waals surface area contributed by atoms with Crippen molar-refractivity contribution in [1.82, 2.24) is 0 Å². The van der Waals surface area contributed by atoms with Crippen LogP contribution >= 0.6 is 11.8 Å². The third-order valence-electron chi connectivity index (χ3n) is 2.72. The number of ether oxygens (including phenoxy) is 1. The van der Waals surface area contributed by atoms with Crippen molar-refractivity contribution in [3.63, 3.8) is 0 Å². The first-order chi connectivity index (χ1) is 8.54. The van der Waals surface area contributed by atoms with E-state index in [-0.39, 0.29) is 5.41 Å². The van der Waals surface area contributed by atoms with Crippen molar-refractivity contribution in [1.29, 1.82) is 0 Å². The lowest BCUT2D eigenvalue weighted by Crippen LogP contribution is -2.10. The molecule has 0 fully saturated rings. The molecule has 0 aromatic heterocycles. The molecule has 0 unspecified atom stereocenters. The normalized spacial score (nSPS) is 11.8. The van der Waals surface area contributed by atoms with E-state index in [4.69, 9.17) is 10.5 Å². The van der Waals surface area contributed by atoms with Crippen LogP contribution in [0.1, 0.15) is 31.9 Å². The Morgan fingerprint density at radius 1 is 1.11 bits per heavy atom. The van der Waals surface area contributed by atoms with Gasteiger partial charge in [-0.2, -0.15) is 11.8 Å². The first-order valence-electron chi connectivity index (χ1n) is 6.49. The van der Waals surface area contributed by atoms with Crippen LogP contribution in [-0.2, 0) is 15.9 Å². The molecular weight excluding hydrogens is 242 g/mol. The molecule has 0 amide bonds. The predicted octanol–water partition coefficient (Wildman–Crippen LogP) is 3.19. The molecule has 18 heavy (non-hydrogen) atoms. The molecule has 2 N–H and O–H groups in total. The van der Waals surface area contributed by atoms with Crippen molar-refractivity contribution < 1.29 is 4.74 Å². The van der Waals surface area contributed by atoms with Gasteiger partial charge in [0.25, 0.3) is 0 Å². The molecule has 0 saturated carbocycles. The average Bonchev–Trinajstić information content (AvgIpc) is 2.33. The predicted molar refractivity (Wildman–Crippen MR) is 81.2 cm³/mol. The van der Waals surface area contributed by atoms with Crippen LogP contribution in [0.4, 0.5) is 0 Å². The van der Waals surface area contributed by atoms with Crippen LogP contribution in [-0.4, -0.2) is 25.5 Å². The zero-order chi connectivity index (χ0) is 13.4. The molecule has 0 spiro atoms. The Balaban J connectivity index is 2.27. The quantitative estimate of drug-likeness (QED) is 0.771. The van der Waals surface area contributed by atoms with Gasteiger partial charge in [-0.1, -0.05) is 45.0 Å². The molecule has 0 radical (unpaired) electrons. The number of thioether (sulfide) groups is 1. The van der Waals surface area contributed by atoms with Crippen LogP contribution in [0.25, 0.3) is 0 Å². The lowest BCUT2D eigenvalue weighted by atomic mass is 9.87. The highest BCUT2D eigenvalue weighted by atomic mass is 32.2. The Labute approximate surface area is 115 Å². The van der Waals surface area contributed by atoms with E-state index in [0.717, 1.165) is 18.1 Å². The molecular formula is C15H25NOS. The maximum atomic E-state index is 5.35. The van der Waals surface area contributed by atoms with E-state index in [1.165, 1.54) is 11.1 Å². The second kappa shape index (κ2) is 7.82. The van der Waals surface area contributed by atoms with Crippen molar-refractivity contribution in [3.8, 4) is 0 Å². The first kappa shape index (κ1) is 15.5. The largest absolute Gasteiger partial charge is 0.379 e. The number of nitrogens with two attached hydrogens (primary N) is 1. The third kappa shape index (κ3) is 5.89. The average molecular weight is 267 g/mol. The Morgan fingerprint density at radius 2 is 1.78 bits per heavy atom. The monoisotopic (exact) mass is 267 g/mol. The summed E-state index contributed by atoms with van der Waals surface area (Å²) in [5.41, 5.74) is 8.36. The van der Waals surface area contributed by atoms with E-state index in [0.29, 0.717) is 13.2 Å². The summed E-state index contributed by atoms with van der Waals surface area (Å²) in [6.07, 6.45) is 0. The lowest BCUT2D eigenvalue weighted by molar-refractivity contribution is 0.158. The Bertz CT molecular complexity index is 329. The second-order valence-electron chi connectivity index (χ2n) is 5.40. The van der Waals surface area contributed by atoms with E-state index in [9.17, 15) is 0 Å². The summed E-state index contributed by atoms with van der Waals surface area (Å²) >= 11 is 1.90. The Kier molecular flexibility index (Phi) is 6.76. The van der Waals surface area contributed by atoms with Gasteiger partial charge in [-0.3, -0.25) is 0 Å². The smallest absolute Gasteiger partial charge is 0.0589 e. The maximum Gasteiger partial charge on any atom is 0.0589 e. The molecule has 0 atom stereocenters. The van der Waals surface area contributed by atoms with Gasteiger partial charge in [0.05, 0.1) is 13.2 Å². The minimum absolute atomic E-state index is 0.238. The molecule has 102 valence electrons. The molecule has 0 aliphatic carbocycles. The molecule has 0 bridgehead atoms. The van der Waals surface area contributed by atoms with Gasteiger partial charge in [0.15, 0.2) is 0 Å². The zero-order valence-corrected chi connectivity index (χ0v) is 12.6. The van der Waals surface area contributed by atoms with Crippen molar-refractivity contribution in [2.24, 2.45) is 5.73 Å². The molecule has 0 saturated heterocycles. The van der Waals surface area contributed by atoms with E-state index < -0.39 is 0 Å². The number of hydrogen-bond donors (Lipinski definition) is 1. The summed E-state index contributed by atoms with van der Waals surface area (Å²) in [6.45, 7) is 8.80. The van der Waals surface area contributed by atoms with E-state index in [1.807, 2.05) is 11.8 Å². The standard InChI is InChI=1S/C15H25NOS/c1-15(2,3)14-6-4-13(5-7-14)12-18-11-10-17-9-8-16/h4-7H,8-12,16H2,1-3H3. The number of rotatable bonds is 7. The van der Waals surface area contributed by atoms with Crippen LogP contribution in [0.5, 0.6) is 0 Å². The van der Waals surface area contributed by atoms with Gasteiger partial charge in [-0.25, -0.2) is 0 Å². The van der Waals surface area contributed by atoms with Crippen LogP contribution < -0.4 is 5.73 Å². The van der Waals surface area contributed by atoms with Gasteiger partial charge in [0, 0.05) is 18.1 Å². The summed E-state index contributed by atoms with van der Waals surface area (Å²) in [7, 11) is 0. The highest BCUT2D eigenvalue weighted by Gasteiger charge is 2.12. The Hall–Kier alpha value is -0.510. The van der Waals surface area contributed by atoms with Crippen LogP contribution in [0.3, 0.4) is 0 Å². The van der Waals surface area contributed by atoms with E-state index >= 15 is 0 Å². The molecule has 0 heterocycles. The van der Waals surface area contributed by atoms with Gasteiger partial charge in [0.1, 0.15) is 0 Å².